The van der Waals surface area contributed by atoms with Gasteiger partial charge >= 0.3 is 0 Å². The minimum atomic E-state index is -0.829. The summed E-state index contributed by atoms with van der Waals surface area (Å²) in [5.41, 5.74) is 0.453. The number of piperidine rings is 1. The monoisotopic (exact) mass is 261 g/mol. The van der Waals surface area contributed by atoms with Crippen molar-refractivity contribution in [2.45, 2.75) is 18.8 Å². The van der Waals surface area contributed by atoms with E-state index in [1.54, 1.807) is 0 Å². The molecule has 2 rings (SSSR count). The second-order valence-electron chi connectivity index (χ2n) is 4.13. The van der Waals surface area contributed by atoms with Gasteiger partial charge in [-0.3, -0.25) is 0 Å². The van der Waals surface area contributed by atoms with Crippen LogP contribution in [0.2, 0.25) is 5.02 Å². The summed E-state index contributed by atoms with van der Waals surface area (Å²) < 4.78 is 32.3. The van der Waals surface area contributed by atoms with Gasteiger partial charge in [-0.05, 0) is 43.5 Å². The van der Waals surface area contributed by atoms with Crippen LogP contribution < -0.4 is 10.1 Å². The van der Waals surface area contributed by atoms with Crippen LogP contribution >= 0.6 is 11.6 Å². The average molecular weight is 262 g/mol. The van der Waals surface area contributed by atoms with E-state index in [9.17, 15) is 8.78 Å². The lowest BCUT2D eigenvalue weighted by Crippen LogP contribution is -2.27. The molecule has 1 N–H and O–H groups in total. The van der Waals surface area contributed by atoms with Crippen molar-refractivity contribution in [1.29, 1.82) is 0 Å². The molecule has 0 aliphatic carbocycles. The highest BCUT2D eigenvalue weighted by molar-refractivity contribution is 6.31. The van der Waals surface area contributed by atoms with Crippen LogP contribution in [0.25, 0.3) is 0 Å². The normalized spacial score (nSPS) is 17.2. The Bertz CT molecular complexity index is 419. The Morgan fingerprint density at radius 1 is 1.29 bits per heavy atom. The maximum atomic E-state index is 14.1. The first-order valence-corrected chi connectivity index (χ1v) is 5.95. The van der Waals surface area contributed by atoms with Gasteiger partial charge in [0.25, 0.3) is 0 Å². The van der Waals surface area contributed by atoms with E-state index in [1.807, 2.05) is 0 Å². The van der Waals surface area contributed by atoms with Crippen LogP contribution in [0.1, 0.15) is 24.3 Å². The molecule has 5 heteroatoms. The standard InChI is InChI=1S/C12H14ClF2NO/c1-17-12-10(14)8(6-9(13)11(12)15)7-2-4-16-5-3-7/h6-7,16H,2-5H2,1H3. The molecule has 1 heterocycles. The second-order valence-corrected chi connectivity index (χ2v) is 4.54. The van der Waals surface area contributed by atoms with Gasteiger partial charge in [0.1, 0.15) is 0 Å². The summed E-state index contributed by atoms with van der Waals surface area (Å²) in [6, 6.07) is 1.38. The molecule has 1 aliphatic heterocycles. The maximum absolute atomic E-state index is 14.1. The molecule has 0 bridgehead atoms. The molecule has 0 saturated carbocycles. The predicted octanol–water partition coefficient (Wildman–Crippen LogP) is 3.09. The van der Waals surface area contributed by atoms with Crippen LogP contribution in [-0.4, -0.2) is 20.2 Å². The van der Waals surface area contributed by atoms with Gasteiger partial charge in [0, 0.05) is 0 Å². The van der Waals surface area contributed by atoms with Gasteiger partial charge in [0.05, 0.1) is 12.1 Å². The van der Waals surface area contributed by atoms with Crippen LogP contribution in [0.15, 0.2) is 6.07 Å². The van der Waals surface area contributed by atoms with Crippen molar-refractivity contribution in [3.63, 3.8) is 0 Å². The Hall–Kier alpha value is -0.870. The summed E-state index contributed by atoms with van der Waals surface area (Å²) in [6.45, 7) is 1.67. The van der Waals surface area contributed by atoms with Crippen molar-refractivity contribution >= 4 is 11.6 Å². The van der Waals surface area contributed by atoms with Gasteiger partial charge in [-0.2, -0.15) is 0 Å². The fourth-order valence-electron chi connectivity index (χ4n) is 2.21. The Labute approximate surface area is 104 Å². The second kappa shape index (κ2) is 5.19. The van der Waals surface area contributed by atoms with E-state index < -0.39 is 11.6 Å². The minimum Gasteiger partial charge on any atom is -0.491 e. The van der Waals surface area contributed by atoms with Crippen molar-refractivity contribution in [3.05, 3.63) is 28.3 Å². The SMILES string of the molecule is COc1c(F)c(Cl)cc(C2CCNCC2)c1F. The lowest BCUT2D eigenvalue weighted by atomic mass is 9.89. The summed E-state index contributed by atoms with van der Waals surface area (Å²) in [4.78, 5) is 0. The summed E-state index contributed by atoms with van der Waals surface area (Å²) >= 11 is 5.75. The number of hydrogen-bond acceptors (Lipinski definition) is 2. The lowest BCUT2D eigenvalue weighted by Gasteiger charge is -2.24. The van der Waals surface area contributed by atoms with Gasteiger partial charge < -0.3 is 10.1 Å². The summed E-state index contributed by atoms with van der Waals surface area (Å²) in [6.07, 6.45) is 1.64. The van der Waals surface area contributed by atoms with Crippen LogP contribution in [-0.2, 0) is 0 Å². The van der Waals surface area contributed by atoms with E-state index in [0.29, 0.717) is 5.56 Å². The maximum Gasteiger partial charge on any atom is 0.192 e. The fraction of sp³-hybridized carbons (Fsp3) is 0.500. The third-order valence-corrected chi connectivity index (χ3v) is 3.40. The molecular formula is C12H14ClF2NO. The van der Waals surface area contributed by atoms with E-state index in [-0.39, 0.29) is 16.7 Å². The third kappa shape index (κ3) is 2.38. The van der Waals surface area contributed by atoms with Crippen LogP contribution in [0.3, 0.4) is 0 Å². The Morgan fingerprint density at radius 3 is 2.53 bits per heavy atom. The van der Waals surface area contributed by atoms with Crippen molar-refractivity contribution in [1.82, 2.24) is 5.32 Å². The Balaban J connectivity index is 2.42. The lowest BCUT2D eigenvalue weighted by molar-refractivity contribution is 0.352. The molecule has 0 unspecified atom stereocenters. The zero-order valence-corrected chi connectivity index (χ0v) is 10.3. The smallest absolute Gasteiger partial charge is 0.192 e. The molecule has 1 fully saturated rings. The van der Waals surface area contributed by atoms with E-state index in [1.165, 1.54) is 13.2 Å². The summed E-state index contributed by atoms with van der Waals surface area (Å²) in [5, 5.41) is 3.11. The van der Waals surface area contributed by atoms with Gasteiger partial charge in [0.2, 0.25) is 0 Å². The Kier molecular flexibility index (Phi) is 3.84. The van der Waals surface area contributed by atoms with E-state index >= 15 is 0 Å². The van der Waals surface area contributed by atoms with Crippen LogP contribution in [0.4, 0.5) is 8.78 Å². The number of nitrogens with one attached hydrogen (secondary N) is 1. The van der Waals surface area contributed by atoms with E-state index in [2.05, 4.69) is 5.32 Å². The molecule has 1 saturated heterocycles. The average Bonchev–Trinajstić information content (AvgIpc) is 2.36. The van der Waals surface area contributed by atoms with Crippen molar-refractivity contribution < 1.29 is 13.5 Å². The van der Waals surface area contributed by atoms with Gasteiger partial charge in [-0.25, -0.2) is 8.78 Å². The molecule has 1 aromatic rings. The molecule has 1 aromatic carbocycles. The first kappa shape index (κ1) is 12.6. The molecule has 0 radical (unpaired) electrons. The Morgan fingerprint density at radius 2 is 1.94 bits per heavy atom. The highest BCUT2D eigenvalue weighted by Gasteiger charge is 2.24. The first-order chi connectivity index (χ1) is 8.15. The summed E-state index contributed by atoms with van der Waals surface area (Å²) in [5.74, 6) is -1.76. The minimum absolute atomic E-state index is 0.0725. The van der Waals surface area contributed by atoms with E-state index in [0.717, 1.165) is 25.9 Å². The molecular weight excluding hydrogens is 248 g/mol. The van der Waals surface area contributed by atoms with Crippen molar-refractivity contribution in [3.8, 4) is 5.75 Å². The van der Waals surface area contributed by atoms with E-state index in [4.69, 9.17) is 16.3 Å². The first-order valence-electron chi connectivity index (χ1n) is 5.57. The van der Waals surface area contributed by atoms with Crippen molar-refractivity contribution in [2.75, 3.05) is 20.2 Å². The predicted molar refractivity (Wildman–Crippen MR) is 62.8 cm³/mol. The highest BCUT2D eigenvalue weighted by Crippen LogP contribution is 2.36. The fourth-order valence-corrected chi connectivity index (χ4v) is 2.41. The van der Waals surface area contributed by atoms with Gasteiger partial charge in [-0.15, -0.1) is 0 Å². The molecule has 0 atom stereocenters. The molecule has 94 valence electrons. The highest BCUT2D eigenvalue weighted by atomic mass is 35.5. The molecule has 1 aliphatic rings. The number of methoxy groups -OCH3 is 1. The molecule has 0 amide bonds. The van der Waals surface area contributed by atoms with Crippen LogP contribution in [0, 0.1) is 11.6 Å². The zero-order valence-electron chi connectivity index (χ0n) is 9.53. The van der Waals surface area contributed by atoms with Gasteiger partial charge in [-0.1, -0.05) is 11.6 Å². The number of halogens is 3. The number of rotatable bonds is 2. The summed E-state index contributed by atoms with van der Waals surface area (Å²) in [7, 11) is 1.24. The number of ether oxygens (including phenoxy) is 1. The molecule has 2 nitrogen and oxygen atoms in total. The zero-order chi connectivity index (χ0) is 12.4. The largest absolute Gasteiger partial charge is 0.491 e. The topological polar surface area (TPSA) is 21.3 Å². The molecule has 0 aromatic heterocycles. The number of hydrogen-bond donors (Lipinski definition) is 1. The molecule has 17 heavy (non-hydrogen) atoms. The van der Waals surface area contributed by atoms with Gasteiger partial charge in [0.15, 0.2) is 17.4 Å². The third-order valence-electron chi connectivity index (χ3n) is 3.13. The van der Waals surface area contributed by atoms with Crippen LogP contribution in [0.5, 0.6) is 5.75 Å². The number of benzene rings is 1. The quantitative estimate of drug-likeness (QED) is 0.826. The molecule has 0 spiro atoms. The van der Waals surface area contributed by atoms with Crippen molar-refractivity contribution in [2.24, 2.45) is 0 Å².